The lowest BCUT2D eigenvalue weighted by atomic mass is 10.0. The predicted molar refractivity (Wildman–Crippen MR) is 90.7 cm³/mol. The fourth-order valence-corrected chi connectivity index (χ4v) is 2.44. The highest BCUT2D eigenvalue weighted by Crippen LogP contribution is 2.26. The molecule has 0 spiro atoms. The van der Waals surface area contributed by atoms with E-state index in [4.69, 9.17) is 4.74 Å². The van der Waals surface area contributed by atoms with Gasteiger partial charge in [0.15, 0.2) is 0 Å². The van der Waals surface area contributed by atoms with E-state index < -0.39 is 28.0 Å². The number of nitrogens with one attached hydrogen (secondary N) is 1. The maximum Gasteiger partial charge on any atom is 0.488 e. The molecule has 0 aromatic heterocycles. The van der Waals surface area contributed by atoms with E-state index in [-0.39, 0.29) is 30.0 Å². The minimum Gasteiger partial charge on any atom is -0.465 e. The molecule has 26 heavy (non-hydrogen) atoms. The number of benzene rings is 1. The molecule has 1 N–H and O–H groups in total. The number of rotatable bonds is 7. The Morgan fingerprint density at radius 1 is 1.23 bits per heavy atom. The summed E-state index contributed by atoms with van der Waals surface area (Å²) in [6.07, 6.45) is 0. The summed E-state index contributed by atoms with van der Waals surface area (Å²) in [5.41, 5.74) is -0.119. The summed E-state index contributed by atoms with van der Waals surface area (Å²) in [6, 6.07) is 2.68. The van der Waals surface area contributed by atoms with Crippen LogP contribution in [0.3, 0.4) is 0 Å². The normalized spacial score (nSPS) is 11.8. The van der Waals surface area contributed by atoms with Gasteiger partial charge in [0.25, 0.3) is 0 Å². The minimum absolute atomic E-state index is 0.0164. The third kappa shape index (κ3) is 7.36. The summed E-state index contributed by atoms with van der Waals surface area (Å²) < 4.78 is 48.4. The molecule has 0 atom stereocenters. The molecule has 0 bridgehead atoms. The molecule has 0 heterocycles. The number of methoxy groups -OCH3 is 1. The Labute approximate surface area is 152 Å². The number of ether oxygens (including phenoxy) is 2. The molecule has 0 saturated carbocycles. The van der Waals surface area contributed by atoms with Crippen molar-refractivity contribution in [1.82, 2.24) is 5.32 Å². The highest BCUT2D eigenvalue weighted by atomic mass is 32.3. The maximum absolute atomic E-state index is 12.9. The Morgan fingerprint density at radius 3 is 2.35 bits per heavy atom. The van der Waals surface area contributed by atoms with Crippen molar-refractivity contribution in [2.24, 2.45) is 0 Å². The van der Waals surface area contributed by atoms with Gasteiger partial charge < -0.3 is 19.0 Å². The molecule has 0 unspecified atom stereocenters. The summed E-state index contributed by atoms with van der Waals surface area (Å²) in [5.74, 6) is -1.57. The number of halogens is 1. The maximum atomic E-state index is 12.9. The molecule has 1 rings (SSSR count). The van der Waals surface area contributed by atoms with Crippen LogP contribution in [0, 0.1) is 6.92 Å². The lowest BCUT2D eigenvalue weighted by molar-refractivity contribution is -0.153. The van der Waals surface area contributed by atoms with Gasteiger partial charge in [0, 0.05) is 12.1 Å². The summed E-state index contributed by atoms with van der Waals surface area (Å²) >= 11 is 0. The minimum atomic E-state index is -5.27. The van der Waals surface area contributed by atoms with Gasteiger partial charge in [-0.25, -0.2) is 4.79 Å². The van der Waals surface area contributed by atoms with Gasteiger partial charge in [-0.1, -0.05) is 3.89 Å². The molecule has 146 valence electrons. The van der Waals surface area contributed by atoms with Gasteiger partial charge in [-0.15, -0.1) is 0 Å². The van der Waals surface area contributed by atoms with E-state index in [0.29, 0.717) is 5.56 Å². The van der Waals surface area contributed by atoms with Crippen LogP contribution in [0.15, 0.2) is 12.1 Å². The summed E-state index contributed by atoms with van der Waals surface area (Å²) in [4.78, 5) is 23.5. The Kier molecular flexibility index (Phi) is 7.10. The fourth-order valence-electron chi connectivity index (χ4n) is 2.05. The molecule has 0 fully saturated rings. The van der Waals surface area contributed by atoms with Crippen LogP contribution in [0.25, 0.3) is 0 Å². The van der Waals surface area contributed by atoms with Gasteiger partial charge >= 0.3 is 22.4 Å². The molecule has 0 aliphatic heterocycles. The van der Waals surface area contributed by atoms with Crippen LogP contribution in [0.2, 0.25) is 0 Å². The van der Waals surface area contributed by atoms with E-state index in [9.17, 15) is 21.9 Å². The van der Waals surface area contributed by atoms with Gasteiger partial charge in [0.2, 0.25) is 0 Å². The Hall–Kier alpha value is -2.20. The summed E-state index contributed by atoms with van der Waals surface area (Å²) in [5, 5.41) is 2.79. The van der Waals surface area contributed by atoms with Gasteiger partial charge in [-0.05, 0) is 45.4 Å². The lowest BCUT2D eigenvalue weighted by Crippen LogP contribution is -2.31. The molecular weight excluding hydrogens is 369 g/mol. The molecule has 1 aromatic carbocycles. The van der Waals surface area contributed by atoms with E-state index >= 15 is 0 Å². The monoisotopic (exact) mass is 391 g/mol. The predicted octanol–water partition coefficient (Wildman–Crippen LogP) is 1.81. The van der Waals surface area contributed by atoms with Crippen LogP contribution < -0.4 is 9.50 Å². The molecular formula is C16H22FNO7S. The van der Waals surface area contributed by atoms with E-state index in [2.05, 4.69) is 14.2 Å². The zero-order valence-electron chi connectivity index (χ0n) is 15.2. The van der Waals surface area contributed by atoms with Crippen LogP contribution in [-0.4, -0.2) is 39.6 Å². The van der Waals surface area contributed by atoms with Crippen molar-refractivity contribution in [3.63, 3.8) is 0 Å². The molecule has 10 heteroatoms. The van der Waals surface area contributed by atoms with Crippen LogP contribution in [-0.2, 0) is 31.3 Å². The average Bonchev–Trinajstić information content (AvgIpc) is 2.46. The van der Waals surface area contributed by atoms with Crippen molar-refractivity contribution in [3.05, 3.63) is 28.8 Å². The average molecular weight is 391 g/mol. The Balaban J connectivity index is 2.98. The largest absolute Gasteiger partial charge is 0.488 e. The number of carbonyl (C=O) groups is 2. The van der Waals surface area contributed by atoms with Crippen LogP contribution in [0.4, 0.5) is 3.89 Å². The smallest absolute Gasteiger partial charge is 0.465 e. The second kappa shape index (κ2) is 8.45. The third-order valence-electron chi connectivity index (χ3n) is 3.03. The summed E-state index contributed by atoms with van der Waals surface area (Å²) in [7, 11) is -4.11. The van der Waals surface area contributed by atoms with E-state index in [1.165, 1.54) is 19.1 Å². The SMILES string of the molecule is COC(=O)c1cc(CNCC(=O)OC(C)(C)C)cc(OS(=O)(=O)F)c1C. The van der Waals surface area contributed by atoms with Crippen molar-refractivity contribution in [3.8, 4) is 5.75 Å². The molecule has 0 radical (unpaired) electrons. The third-order valence-corrected chi connectivity index (χ3v) is 3.41. The highest BCUT2D eigenvalue weighted by Gasteiger charge is 2.20. The summed E-state index contributed by atoms with van der Waals surface area (Å²) in [6.45, 7) is 6.55. The van der Waals surface area contributed by atoms with Crippen molar-refractivity contribution >= 4 is 22.4 Å². The Bertz CT molecular complexity index is 785. The quantitative estimate of drug-likeness (QED) is 0.554. The van der Waals surface area contributed by atoms with Gasteiger partial charge in [0.1, 0.15) is 11.4 Å². The second-order valence-corrected chi connectivity index (χ2v) is 7.38. The molecule has 8 nitrogen and oxygen atoms in total. The van der Waals surface area contributed by atoms with Crippen molar-refractivity contribution in [1.29, 1.82) is 0 Å². The van der Waals surface area contributed by atoms with E-state index in [1.807, 2.05) is 0 Å². The molecule has 1 aromatic rings. The Morgan fingerprint density at radius 2 is 1.85 bits per heavy atom. The first kappa shape index (κ1) is 21.8. The van der Waals surface area contributed by atoms with Crippen LogP contribution in [0.5, 0.6) is 5.75 Å². The zero-order valence-corrected chi connectivity index (χ0v) is 16.0. The molecule has 0 aliphatic carbocycles. The van der Waals surface area contributed by atoms with Crippen LogP contribution >= 0.6 is 0 Å². The lowest BCUT2D eigenvalue weighted by Gasteiger charge is -2.19. The fraction of sp³-hybridized carbons (Fsp3) is 0.500. The number of hydrogen-bond donors (Lipinski definition) is 1. The standard InChI is InChI=1S/C16H22FNO7S/c1-10-12(15(20)23-5)6-11(7-13(10)25-26(17,21)22)8-18-9-14(19)24-16(2,3)4/h6-7,18H,8-9H2,1-5H3. The number of hydrogen-bond acceptors (Lipinski definition) is 8. The number of esters is 2. The highest BCUT2D eigenvalue weighted by molar-refractivity contribution is 7.81. The first-order valence-electron chi connectivity index (χ1n) is 7.61. The first-order valence-corrected chi connectivity index (χ1v) is 8.91. The van der Waals surface area contributed by atoms with Crippen LogP contribution in [0.1, 0.15) is 42.3 Å². The van der Waals surface area contributed by atoms with Crippen molar-refractivity contribution < 1.29 is 35.5 Å². The molecule has 0 aliphatic rings. The molecule has 0 saturated heterocycles. The second-order valence-electron chi connectivity index (χ2n) is 6.42. The number of carbonyl (C=O) groups excluding carboxylic acids is 2. The topological polar surface area (TPSA) is 108 Å². The van der Waals surface area contributed by atoms with Crippen molar-refractivity contribution in [2.75, 3.05) is 13.7 Å². The van der Waals surface area contributed by atoms with Gasteiger partial charge in [-0.3, -0.25) is 4.79 Å². The zero-order chi connectivity index (χ0) is 20.1. The van der Waals surface area contributed by atoms with Gasteiger partial charge in [0.05, 0.1) is 19.2 Å². The van der Waals surface area contributed by atoms with Gasteiger partial charge in [-0.2, -0.15) is 8.42 Å². The molecule has 0 amide bonds. The van der Waals surface area contributed by atoms with E-state index in [0.717, 1.165) is 7.11 Å². The van der Waals surface area contributed by atoms with Crippen molar-refractivity contribution in [2.45, 2.75) is 39.8 Å². The van der Waals surface area contributed by atoms with E-state index in [1.54, 1.807) is 20.8 Å². The first-order chi connectivity index (χ1) is 11.8.